The molecule has 0 aliphatic rings. The van der Waals surface area contributed by atoms with E-state index in [1.165, 1.54) is 76.8 Å². The molecule has 10 rings (SSSR count). The molecular weight excluding hydrogens is 641 g/mol. The Morgan fingerprint density at radius 3 is 1.70 bits per heavy atom. The molecule has 0 amide bonds. The molecular formula is C51H36N2. The first-order chi connectivity index (χ1) is 26.2. The maximum absolute atomic E-state index is 4.94. The minimum atomic E-state index is 0.860. The van der Waals surface area contributed by atoms with Crippen LogP contribution in [0.15, 0.2) is 188 Å². The summed E-state index contributed by atoms with van der Waals surface area (Å²) < 4.78 is 2.30. The molecule has 10 aromatic rings. The zero-order chi connectivity index (χ0) is 35.3. The fourth-order valence-electron chi connectivity index (χ4n) is 8.19. The standard InChI is InChI=1S/C51H36N2/c1-2-49-52-47-18-10-11-19-48(47)53(49)42-29-26-38(27-30-42)50-43-16-8-9-17-44(43)51(41-25-24-35-14-6-7-15-39(35)32-41)46-33-40(28-31-45(46)50)37-22-20-36(21-23-37)34-12-4-3-5-13-34/h3-33H,2H2,1H3. The molecule has 53 heavy (non-hydrogen) atoms. The van der Waals surface area contributed by atoms with Gasteiger partial charge in [-0.2, -0.15) is 0 Å². The van der Waals surface area contributed by atoms with Gasteiger partial charge in [0.15, 0.2) is 0 Å². The molecule has 0 aliphatic heterocycles. The Morgan fingerprint density at radius 2 is 0.943 bits per heavy atom. The Hall–Kier alpha value is -6.77. The number of aryl methyl sites for hydroxylation is 1. The van der Waals surface area contributed by atoms with Crippen molar-refractivity contribution in [2.75, 3.05) is 0 Å². The van der Waals surface area contributed by atoms with E-state index in [2.05, 4.69) is 200 Å². The van der Waals surface area contributed by atoms with Crippen LogP contribution in [0.1, 0.15) is 12.7 Å². The first-order valence-electron chi connectivity index (χ1n) is 18.4. The first kappa shape index (κ1) is 31.0. The number of benzene rings is 9. The van der Waals surface area contributed by atoms with Crippen molar-refractivity contribution >= 4 is 43.4 Å². The van der Waals surface area contributed by atoms with Crippen LogP contribution in [0, 0.1) is 0 Å². The van der Waals surface area contributed by atoms with Gasteiger partial charge in [0.05, 0.1) is 11.0 Å². The molecule has 1 aromatic heterocycles. The molecule has 0 fully saturated rings. The summed E-state index contributed by atoms with van der Waals surface area (Å²) in [6.45, 7) is 2.17. The average molecular weight is 677 g/mol. The van der Waals surface area contributed by atoms with Crippen molar-refractivity contribution < 1.29 is 0 Å². The maximum atomic E-state index is 4.94. The van der Waals surface area contributed by atoms with Crippen LogP contribution < -0.4 is 0 Å². The number of fused-ring (bicyclic) bond motifs is 4. The third-order valence-electron chi connectivity index (χ3n) is 10.7. The summed E-state index contributed by atoms with van der Waals surface area (Å²) in [5, 5.41) is 7.48. The molecule has 0 N–H and O–H groups in total. The number of hydrogen-bond donors (Lipinski definition) is 0. The van der Waals surface area contributed by atoms with E-state index in [4.69, 9.17) is 4.98 Å². The SMILES string of the molecule is CCc1nc2ccccc2n1-c1ccc(-c2c3ccccc3c(-c3ccc4ccccc4c3)c3cc(-c4ccc(-c5ccccc5)cc4)ccc23)cc1. The van der Waals surface area contributed by atoms with Gasteiger partial charge < -0.3 is 0 Å². The van der Waals surface area contributed by atoms with Crippen molar-refractivity contribution in [2.24, 2.45) is 0 Å². The molecule has 250 valence electrons. The van der Waals surface area contributed by atoms with Gasteiger partial charge >= 0.3 is 0 Å². The lowest BCUT2D eigenvalue weighted by Gasteiger charge is -2.19. The summed E-state index contributed by atoms with van der Waals surface area (Å²) in [6.07, 6.45) is 0.860. The monoisotopic (exact) mass is 676 g/mol. The Kier molecular flexibility index (Phi) is 7.47. The molecule has 0 spiro atoms. The summed E-state index contributed by atoms with van der Waals surface area (Å²) in [5.74, 6) is 1.07. The van der Waals surface area contributed by atoms with E-state index in [0.717, 1.165) is 29.0 Å². The summed E-state index contributed by atoms with van der Waals surface area (Å²) >= 11 is 0. The summed E-state index contributed by atoms with van der Waals surface area (Å²) in [7, 11) is 0. The molecule has 0 unspecified atom stereocenters. The Balaban J connectivity index is 1.19. The number of aromatic nitrogens is 2. The molecule has 2 nitrogen and oxygen atoms in total. The maximum Gasteiger partial charge on any atom is 0.114 e. The van der Waals surface area contributed by atoms with Crippen LogP contribution in [0.25, 0.3) is 93.5 Å². The van der Waals surface area contributed by atoms with Crippen molar-refractivity contribution in [3.63, 3.8) is 0 Å². The molecule has 9 aromatic carbocycles. The van der Waals surface area contributed by atoms with Crippen molar-refractivity contribution in [1.82, 2.24) is 9.55 Å². The lowest BCUT2D eigenvalue weighted by atomic mass is 9.84. The van der Waals surface area contributed by atoms with Crippen molar-refractivity contribution in [3.8, 4) is 50.2 Å². The molecule has 2 heteroatoms. The van der Waals surface area contributed by atoms with Gasteiger partial charge in [-0.25, -0.2) is 4.98 Å². The van der Waals surface area contributed by atoms with Crippen LogP contribution >= 0.6 is 0 Å². The van der Waals surface area contributed by atoms with Crippen molar-refractivity contribution in [3.05, 3.63) is 194 Å². The van der Waals surface area contributed by atoms with E-state index < -0.39 is 0 Å². The molecule has 0 aliphatic carbocycles. The lowest BCUT2D eigenvalue weighted by Crippen LogP contribution is -2.00. The smallest absolute Gasteiger partial charge is 0.114 e. The second-order valence-corrected chi connectivity index (χ2v) is 13.8. The van der Waals surface area contributed by atoms with Gasteiger partial charge in [-0.1, -0.05) is 159 Å². The third kappa shape index (κ3) is 5.30. The second kappa shape index (κ2) is 12.8. The van der Waals surface area contributed by atoms with Crippen LogP contribution in [-0.4, -0.2) is 9.55 Å². The van der Waals surface area contributed by atoms with Crippen LogP contribution in [-0.2, 0) is 6.42 Å². The van der Waals surface area contributed by atoms with E-state index in [-0.39, 0.29) is 0 Å². The first-order valence-corrected chi connectivity index (χ1v) is 18.4. The Bertz CT molecular complexity index is 2950. The van der Waals surface area contributed by atoms with Crippen molar-refractivity contribution in [1.29, 1.82) is 0 Å². The normalized spacial score (nSPS) is 11.6. The summed E-state index contributed by atoms with van der Waals surface area (Å²) in [4.78, 5) is 4.94. The van der Waals surface area contributed by atoms with Gasteiger partial charge in [0, 0.05) is 12.1 Å². The number of nitrogens with zero attached hydrogens (tertiary/aromatic N) is 2. The van der Waals surface area contributed by atoms with E-state index >= 15 is 0 Å². The van der Waals surface area contributed by atoms with Gasteiger partial charge in [-0.3, -0.25) is 4.57 Å². The summed E-state index contributed by atoms with van der Waals surface area (Å²) in [6, 6.07) is 68.6. The average Bonchev–Trinajstić information content (AvgIpc) is 3.62. The highest BCUT2D eigenvalue weighted by atomic mass is 15.1. The highest BCUT2D eigenvalue weighted by Gasteiger charge is 2.19. The van der Waals surface area contributed by atoms with E-state index in [9.17, 15) is 0 Å². The molecule has 1 heterocycles. The van der Waals surface area contributed by atoms with Gasteiger partial charge in [0.1, 0.15) is 5.82 Å². The van der Waals surface area contributed by atoms with Crippen LogP contribution in [0.4, 0.5) is 0 Å². The van der Waals surface area contributed by atoms with E-state index in [1.54, 1.807) is 0 Å². The molecule has 0 bridgehead atoms. The second-order valence-electron chi connectivity index (χ2n) is 13.8. The van der Waals surface area contributed by atoms with Crippen LogP contribution in [0.5, 0.6) is 0 Å². The summed E-state index contributed by atoms with van der Waals surface area (Å²) in [5.41, 5.74) is 13.1. The highest BCUT2D eigenvalue weighted by Crippen LogP contribution is 2.45. The zero-order valence-electron chi connectivity index (χ0n) is 29.5. The van der Waals surface area contributed by atoms with Gasteiger partial charge in [0.25, 0.3) is 0 Å². The minimum Gasteiger partial charge on any atom is -0.296 e. The predicted molar refractivity (Wildman–Crippen MR) is 225 cm³/mol. The van der Waals surface area contributed by atoms with Crippen molar-refractivity contribution in [2.45, 2.75) is 13.3 Å². The van der Waals surface area contributed by atoms with Gasteiger partial charge in [-0.15, -0.1) is 0 Å². The van der Waals surface area contributed by atoms with E-state index in [1.807, 2.05) is 0 Å². The van der Waals surface area contributed by atoms with Gasteiger partial charge in [-0.05, 0) is 113 Å². The van der Waals surface area contributed by atoms with Gasteiger partial charge in [0.2, 0.25) is 0 Å². The quantitative estimate of drug-likeness (QED) is 0.160. The Morgan fingerprint density at radius 1 is 0.396 bits per heavy atom. The lowest BCUT2D eigenvalue weighted by molar-refractivity contribution is 0.908. The molecule has 0 atom stereocenters. The molecule has 0 radical (unpaired) electrons. The third-order valence-corrected chi connectivity index (χ3v) is 10.7. The number of imidazole rings is 1. The highest BCUT2D eigenvalue weighted by molar-refractivity contribution is 6.22. The van der Waals surface area contributed by atoms with Crippen LogP contribution in [0.3, 0.4) is 0 Å². The van der Waals surface area contributed by atoms with E-state index in [0.29, 0.717) is 0 Å². The largest absolute Gasteiger partial charge is 0.296 e. The fraction of sp³-hybridized carbons (Fsp3) is 0.0392. The Labute approximate surface area is 309 Å². The fourth-order valence-corrected chi connectivity index (χ4v) is 8.19. The number of rotatable bonds is 6. The number of para-hydroxylation sites is 2. The minimum absolute atomic E-state index is 0.860. The topological polar surface area (TPSA) is 17.8 Å². The zero-order valence-corrected chi connectivity index (χ0v) is 29.5. The molecule has 0 saturated carbocycles. The predicted octanol–water partition coefficient (Wildman–Crippen LogP) is 13.7. The number of hydrogen-bond acceptors (Lipinski definition) is 1. The molecule has 0 saturated heterocycles. The van der Waals surface area contributed by atoms with Crippen LogP contribution in [0.2, 0.25) is 0 Å².